The summed E-state index contributed by atoms with van der Waals surface area (Å²) in [4.78, 5) is 21.7. The van der Waals surface area contributed by atoms with Crippen LogP contribution in [0.3, 0.4) is 0 Å². The lowest BCUT2D eigenvalue weighted by Crippen LogP contribution is -2.24. The average Bonchev–Trinajstić information content (AvgIpc) is 2.24. The second-order valence-electron chi connectivity index (χ2n) is 2.91. The molecule has 0 unspecified atom stereocenters. The molecule has 0 aromatic rings. The van der Waals surface area contributed by atoms with E-state index in [1.54, 1.807) is 13.8 Å². The Morgan fingerprint density at radius 2 is 1.44 bits per heavy atom. The summed E-state index contributed by atoms with van der Waals surface area (Å²) in [5, 5.41) is 9.28. The van der Waals surface area contributed by atoms with Crippen molar-refractivity contribution in [3.63, 3.8) is 0 Å². The zero-order valence-electron chi connectivity index (χ0n) is 9.38. The van der Waals surface area contributed by atoms with E-state index in [2.05, 4.69) is 9.47 Å². The molecular formula is C11H16O5. The van der Waals surface area contributed by atoms with Crippen LogP contribution in [0.1, 0.15) is 13.8 Å². The highest BCUT2D eigenvalue weighted by molar-refractivity contribution is 5.82. The summed E-state index contributed by atoms with van der Waals surface area (Å²) < 4.78 is 9.30. The minimum atomic E-state index is -1.01. The van der Waals surface area contributed by atoms with Gasteiger partial charge in [0.15, 0.2) is 0 Å². The first-order valence-electron chi connectivity index (χ1n) is 4.87. The fourth-order valence-electron chi connectivity index (χ4n) is 0.773. The molecule has 0 aromatic carbocycles. The van der Waals surface area contributed by atoms with E-state index in [4.69, 9.17) is 0 Å². The van der Waals surface area contributed by atoms with Crippen LogP contribution in [0, 0.1) is 0 Å². The van der Waals surface area contributed by atoms with E-state index >= 15 is 0 Å². The number of esters is 2. The number of aliphatic hydroxyl groups is 1. The molecule has 0 heterocycles. The molecular weight excluding hydrogens is 212 g/mol. The Morgan fingerprint density at radius 3 is 1.75 bits per heavy atom. The van der Waals surface area contributed by atoms with Gasteiger partial charge in [-0.25, -0.2) is 9.59 Å². The first-order chi connectivity index (χ1) is 7.60. The first kappa shape index (κ1) is 14.4. The second-order valence-corrected chi connectivity index (χ2v) is 2.91. The smallest absolute Gasteiger partial charge is 0.330 e. The van der Waals surface area contributed by atoms with Crippen LogP contribution in [0.15, 0.2) is 24.3 Å². The van der Waals surface area contributed by atoms with E-state index in [9.17, 15) is 14.7 Å². The first-order valence-corrected chi connectivity index (χ1v) is 4.87. The van der Waals surface area contributed by atoms with Gasteiger partial charge in [-0.15, -0.1) is 0 Å². The van der Waals surface area contributed by atoms with Crippen molar-refractivity contribution in [3.05, 3.63) is 24.3 Å². The zero-order chi connectivity index (χ0) is 12.4. The number of carbonyl (C=O) groups excluding carboxylic acids is 2. The summed E-state index contributed by atoms with van der Waals surface area (Å²) in [5.74, 6) is -1.08. The number of hydrogen-bond acceptors (Lipinski definition) is 5. The molecule has 0 fully saturated rings. The Balaban J connectivity index is 3.70. The van der Waals surface area contributed by atoms with E-state index in [1.165, 1.54) is 24.3 Å². The van der Waals surface area contributed by atoms with Gasteiger partial charge in [-0.1, -0.05) is 12.2 Å². The maximum absolute atomic E-state index is 10.8. The molecule has 0 radical (unpaired) electrons. The van der Waals surface area contributed by atoms with Gasteiger partial charge in [0.1, 0.15) is 19.3 Å². The third-order valence-electron chi connectivity index (χ3n) is 1.44. The lowest BCUT2D eigenvalue weighted by molar-refractivity contribution is -0.146. The topological polar surface area (TPSA) is 72.8 Å². The van der Waals surface area contributed by atoms with Crippen molar-refractivity contribution in [2.75, 3.05) is 13.2 Å². The Hall–Kier alpha value is -1.62. The van der Waals surface area contributed by atoms with Crippen molar-refractivity contribution in [2.45, 2.75) is 20.0 Å². The molecule has 0 aliphatic heterocycles. The third-order valence-corrected chi connectivity index (χ3v) is 1.44. The molecule has 5 nitrogen and oxygen atoms in total. The van der Waals surface area contributed by atoms with Gasteiger partial charge < -0.3 is 14.6 Å². The average molecular weight is 228 g/mol. The molecule has 0 saturated carbocycles. The summed E-state index contributed by atoms with van der Waals surface area (Å²) >= 11 is 0. The monoisotopic (exact) mass is 228 g/mol. The lowest BCUT2D eigenvalue weighted by Gasteiger charge is -2.09. The Bertz CT molecular complexity index is 252. The molecule has 0 bridgehead atoms. The molecule has 5 heteroatoms. The van der Waals surface area contributed by atoms with Crippen molar-refractivity contribution in [1.82, 2.24) is 0 Å². The maximum atomic E-state index is 10.8. The normalized spacial score (nSPS) is 11.2. The highest BCUT2D eigenvalue weighted by Crippen LogP contribution is 1.91. The van der Waals surface area contributed by atoms with Gasteiger partial charge in [-0.2, -0.15) is 0 Å². The fourth-order valence-corrected chi connectivity index (χ4v) is 0.773. The van der Waals surface area contributed by atoms with Gasteiger partial charge in [0.05, 0.1) is 0 Å². The molecule has 16 heavy (non-hydrogen) atoms. The van der Waals surface area contributed by atoms with E-state index in [0.29, 0.717) is 0 Å². The van der Waals surface area contributed by atoms with E-state index in [0.717, 1.165) is 0 Å². The minimum absolute atomic E-state index is 0.202. The zero-order valence-corrected chi connectivity index (χ0v) is 9.38. The Morgan fingerprint density at radius 1 is 1.06 bits per heavy atom. The predicted molar refractivity (Wildman–Crippen MR) is 57.6 cm³/mol. The molecule has 0 aliphatic carbocycles. The second kappa shape index (κ2) is 8.67. The van der Waals surface area contributed by atoms with Gasteiger partial charge >= 0.3 is 11.9 Å². The van der Waals surface area contributed by atoms with Crippen LogP contribution in [0.5, 0.6) is 0 Å². The molecule has 0 aromatic heterocycles. The Kier molecular flexibility index (Phi) is 7.79. The summed E-state index contributed by atoms with van der Waals surface area (Å²) in [6.45, 7) is 2.95. The number of carbonyl (C=O) groups is 2. The van der Waals surface area contributed by atoms with Crippen LogP contribution in [-0.4, -0.2) is 36.4 Å². The maximum Gasteiger partial charge on any atom is 0.330 e. The van der Waals surface area contributed by atoms with Crippen molar-refractivity contribution in [2.24, 2.45) is 0 Å². The highest BCUT2D eigenvalue weighted by atomic mass is 16.6. The van der Waals surface area contributed by atoms with Crippen LogP contribution in [0.4, 0.5) is 0 Å². The molecule has 0 aliphatic rings. The van der Waals surface area contributed by atoms with Crippen molar-refractivity contribution < 1.29 is 24.2 Å². The molecule has 90 valence electrons. The van der Waals surface area contributed by atoms with Gasteiger partial charge in [-0.05, 0) is 13.8 Å². The number of aliphatic hydroxyl groups excluding tert-OH is 1. The minimum Gasteiger partial charge on any atom is -0.460 e. The highest BCUT2D eigenvalue weighted by Gasteiger charge is 2.09. The summed E-state index contributed by atoms with van der Waals surface area (Å²) in [7, 11) is 0. The van der Waals surface area contributed by atoms with Crippen LogP contribution < -0.4 is 0 Å². The summed E-state index contributed by atoms with van der Waals surface area (Å²) in [6.07, 6.45) is 4.52. The largest absolute Gasteiger partial charge is 0.460 e. The van der Waals surface area contributed by atoms with Crippen LogP contribution >= 0.6 is 0 Å². The SMILES string of the molecule is C/C=C/C(=O)OCC(O)COC(=O)/C=C/C. The summed E-state index contributed by atoms with van der Waals surface area (Å²) in [5.41, 5.74) is 0. The van der Waals surface area contributed by atoms with Crippen molar-refractivity contribution >= 4 is 11.9 Å². The quantitative estimate of drug-likeness (QED) is 0.532. The van der Waals surface area contributed by atoms with Gasteiger partial charge in [0.2, 0.25) is 0 Å². The number of allylic oxidation sites excluding steroid dienone is 2. The lowest BCUT2D eigenvalue weighted by atomic mass is 10.4. The predicted octanol–water partition coefficient (Wildman–Crippen LogP) is 0.586. The molecule has 0 spiro atoms. The van der Waals surface area contributed by atoms with E-state index in [-0.39, 0.29) is 13.2 Å². The van der Waals surface area contributed by atoms with Crippen LogP contribution in [-0.2, 0) is 19.1 Å². The number of rotatable bonds is 6. The van der Waals surface area contributed by atoms with E-state index in [1.807, 2.05) is 0 Å². The third kappa shape index (κ3) is 7.75. The fraction of sp³-hybridized carbons (Fsp3) is 0.455. The molecule has 0 atom stereocenters. The molecule has 1 N–H and O–H groups in total. The van der Waals surface area contributed by atoms with Crippen molar-refractivity contribution in [1.29, 1.82) is 0 Å². The Labute approximate surface area is 94.4 Å². The van der Waals surface area contributed by atoms with Crippen molar-refractivity contribution in [3.8, 4) is 0 Å². The van der Waals surface area contributed by atoms with Gasteiger partial charge in [-0.3, -0.25) is 0 Å². The number of ether oxygens (including phenoxy) is 2. The van der Waals surface area contributed by atoms with Crippen LogP contribution in [0.2, 0.25) is 0 Å². The number of hydrogen-bond donors (Lipinski definition) is 1. The molecule has 0 amide bonds. The summed E-state index contributed by atoms with van der Waals surface area (Å²) in [6, 6.07) is 0. The standard InChI is InChI=1S/C11H16O5/c1-3-5-10(13)15-7-9(12)8-16-11(14)6-4-2/h3-6,9,12H,7-8H2,1-2H3/b5-3+,6-4+. The van der Waals surface area contributed by atoms with Gasteiger partial charge in [0.25, 0.3) is 0 Å². The van der Waals surface area contributed by atoms with E-state index < -0.39 is 18.0 Å². The molecule has 0 saturated heterocycles. The van der Waals surface area contributed by atoms with Gasteiger partial charge in [0, 0.05) is 12.2 Å². The molecule has 0 rings (SSSR count). The van der Waals surface area contributed by atoms with Crippen LogP contribution in [0.25, 0.3) is 0 Å².